The van der Waals surface area contributed by atoms with E-state index in [-0.39, 0.29) is 0 Å². The van der Waals surface area contributed by atoms with Crippen LogP contribution in [0.15, 0.2) is 36.8 Å². The summed E-state index contributed by atoms with van der Waals surface area (Å²) in [5, 5.41) is 11.3. The first-order chi connectivity index (χ1) is 8.33. The van der Waals surface area contributed by atoms with Gasteiger partial charge < -0.3 is 5.32 Å². The van der Waals surface area contributed by atoms with Crippen molar-refractivity contribution in [3.63, 3.8) is 0 Å². The lowest BCUT2D eigenvalue weighted by Gasteiger charge is -2.06. The highest BCUT2D eigenvalue weighted by molar-refractivity contribution is 6.31. The van der Waals surface area contributed by atoms with Gasteiger partial charge >= 0.3 is 0 Å². The van der Waals surface area contributed by atoms with E-state index in [9.17, 15) is 0 Å². The molecule has 17 heavy (non-hydrogen) atoms. The van der Waals surface area contributed by atoms with Gasteiger partial charge in [0.2, 0.25) is 5.95 Å². The van der Waals surface area contributed by atoms with Gasteiger partial charge in [-0.2, -0.15) is 10.1 Å². The van der Waals surface area contributed by atoms with Crippen LogP contribution in [0.3, 0.4) is 0 Å². The lowest BCUT2D eigenvalue weighted by atomic mass is 10.2. The minimum Gasteiger partial charge on any atom is -0.324 e. The molecular formula is C11H8ClN5. The molecule has 0 saturated heterocycles. The average Bonchev–Trinajstić information content (AvgIpc) is 2.82. The Hall–Kier alpha value is -2.14. The predicted molar refractivity (Wildman–Crippen MR) is 66.4 cm³/mol. The Morgan fingerprint density at radius 2 is 2.12 bits per heavy atom. The molecule has 6 heteroatoms. The molecule has 0 amide bonds. The van der Waals surface area contributed by atoms with Gasteiger partial charge in [0.15, 0.2) is 0 Å². The highest BCUT2D eigenvalue weighted by atomic mass is 35.5. The van der Waals surface area contributed by atoms with Gasteiger partial charge in [-0.25, -0.2) is 5.10 Å². The largest absolute Gasteiger partial charge is 0.324 e. The van der Waals surface area contributed by atoms with E-state index in [1.165, 1.54) is 6.33 Å². The third-order valence-corrected chi connectivity index (χ3v) is 2.61. The van der Waals surface area contributed by atoms with Crippen molar-refractivity contribution in [1.29, 1.82) is 0 Å². The molecule has 84 valence electrons. The molecule has 1 aromatic carbocycles. The van der Waals surface area contributed by atoms with Gasteiger partial charge in [-0.1, -0.05) is 11.6 Å². The molecule has 0 aliphatic rings. The fourth-order valence-electron chi connectivity index (χ4n) is 1.62. The molecule has 3 aromatic rings. The molecule has 5 nitrogen and oxygen atoms in total. The van der Waals surface area contributed by atoms with E-state index >= 15 is 0 Å². The van der Waals surface area contributed by atoms with E-state index < -0.39 is 0 Å². The van der Waals surface area contributed by atoms with Crippen LogP contribution in [0, 0.1) is 0 Å². The maximum Gasteiger partial charge on any atom is 0.222 e. The molecule has 0 bridgehead atoms. The highest BCUT2D eigenvalue weighted by Gasteiger charge is 2.03. The van der Waals surface area contributed by atoms with E-state index in [0.29, 0.717) is 11.0 Å². The first-order valence-corrected chi connectivity index (χ1v) is 5.37. The van der Waals surface area contributed by atoms with Crippen molar-refractivity contribution in [2.45, 2.75) is 0 Å². The fourth-order valence-corrected chi connectivity index (χ4v) is 1.79. The fraction of sp³-hybridized carbons (Fsp3) is 0. The number of anilines is 2. The molecule has 3 rings (SSSR count). The van der Waals surface area contributed by atoms with Crippen LogP contribution in [0.5, 0.6) is 0 Å². The van der Waals surface area contributed by atoms with Gasteiger partial charge in [-0.15, -0.1) is 0 Å². The van der Waals surface area contributed by atoms with Gasteiger partial charge in [0.1, 0.15) is 6.33 Å². The highest BCUT2D eigenvalue weighted by Crippen LogP contribution is 2.25. The van der Waals surface area contributed by atoms with Crippen LogP contribution in [-0.2, 0) is 0 Å². The minimum atomic E-state index is 0.590. The van der Waals surface area contributed by atoms with Gasteiger partial charge in [-0.3, -0.25) is 4.98 Å². The number of aromatic nitrogens is 4. The second-order valence-electron chi connectivity index (χ2n) is 3.48. The van der Waals surface area contributed by atoms with E-state index in [4.69, 9.17) is 11.6 Å². The molecule has 0 atom stereocenters. The monoisotopic (exact) mass is 245 g/mol. The van der Waals surface area contributed by atoms with Crippen molar-refractivity contribution in [2.75, 3.05) is 5.32 Å². The zero-order valence-electron chi connectivity index (χ0n) is 8.68. The van der Waals surface area contributed by atoms with Crippen LogP contribution in [-0.4, -0.2) is 20.2 Å². The lowest BCUT2D eigenvalue weighted by molar-refractivity contribution is 1.09. The smallest absolute Gasteiger partial charge is 0.222 e. The number of nitrogens with zero attached hydrogens (tertiary/aromatic N) is 3. The van der Waals surface area contributed by atoms with E-state index in [0.717, 1.165) is 16.6 Å². The summed E-state index contributed by atoms with van der Waals surface area (Å²) in [6.07, 6.45) is 3.17. The summed E-state index contributed by atoms with van der Waals surface area (Å²) in [7, 11) is 0. The number of hydrogen-bond acceptors (Lipinski definition) is 4. The van der Waals surface area contributed by atoms with Crippen LogP contribution >= 0.6 is 11.6 Å². The number of rotatable bonds is 2. The second-order valence-corrected chi connectivity index (χ2v) is 3.92. The maximum absolute atomic E-state index is 5.92. The summed E-state index contributed by atoms with van der Waals surface area (Å²) >= 11 is 5.92. The number of aromatic amines is 1. The molecule has 0 spiro atoms. The van der Waals surface area contributed by atoms with Gasteiger partial charge in [-0.05, 0) is 24.3 Å². The van der Waals surface area contributed by atoms with Crippen LogP contribution in [0.2, 0.25) is 5.02 Å². The normalized spacial score (nSPS) is 10.6. The summed E-state index contributed by atoms with van der Waals surface area (Å²) in [6, 6.07) is 7.45. The first-order valence-electron chi connectivity index (χ1n) is 4.99. The number of pyridine rings is 1. The number of fused-ring (bicyclic) bond motifs is 1. The molecule has 2 aromatic heterocycles. The Morgan fingerprint density at radius 3 is 2.94 bits per heavy atom. The topological polar surface area (TPSA) is 66.5 Å². The van der Waals surface area contributed by atoms with Crippen molar-refractivity contribution in [3.05, 3.63) is 41.8 Å². The number of H-pyrrole nitrogens is 1. The Labute approximate surface area is 102 Å². The van der Waals surface area contributed by atoms with Crippen LogP contribution in [0.25, 0.3) is 10.9 Å². The van der Waals surface area contributed by atoms with Crippen molar-refractivity contribution in [3.8, 4) is 0 Å². The van der Waals surface area contributed by atoms with Gasteiger partial charge in [0.25, 0.3) is 0 Å². The Bertz CT molecular complexity index is 650. The molecule has 0 aliphatic heterocycles. The quantitative estimate of drug-likeness (QED) is 0.729. The minimum absolute atomic E-state index is 0.590. The van der Waals surface area contributed by atoms with Crippen LogP contribution in [0.1, 0.15) is 0 Å². The summed E-state index contributed by atoms with van der Waals surface area (Å²) in [5.41, 5.74) is 1.74. The third-order valence-electron chi connectivity index (χ3n) is 2.37. The van der Waals surface area contributed by atoms with Gasteiger partial charge in [0.05, 0.1) is 11.2 Å². The number of hydrogen-bond donors (Lipinski definition) is 2. The summed E-state index contributed by atoms with van der Waals surface area (Å²) in [5.74, 6) is 0.590. The van der Waals surface area contributed by atoms with Gasteiger partial charge in [0, 0.05) is 16.6 Å². The predicted octanol–water partition coefficient (Wildman–Crippen LogP) is 2.75. The maximum atomic E-state index is 5.92. The standard InChI is InChI=1S/C11H8ClN5/c12-7-1-2-8-9(3-4-13-10(8)5-7)16-11-14-6-15-17-11/h1-6H,(H2,13,14,15,16,17). The third kappa shape index (κ3) is 1.92. The molecule has 0 unspecified atom stereocenters. The lowest BCUT2D eigenvalue weighted by Crippen LogP contribution is -1.94. The molecule has 2 N–H and O–H groups in total. The van der Waals surface area contributed by atoms with E-state index in [1.807, 2.05) is 24.3 Å². The van der Waals surface area contributed by atoms with Crippen molar-refractivity contribution >= 4 is 34.1 Å². The Balaban J connectivity index is 2.10. The SMILES string of the molecule is Clc1ccc2c(Nc3ncn[nH]3)ccnc2c1. The number of nitrogens with one attached hydrogen (secondary N) is 2. The van der Waals surface area contributed by atoms with Crippen LogP contribution in [0.4, 0.5) is 11.6 Å². The van der Waals surface area contributed by atoms with E-state index in [2.05, 4.69) is 25.5 Å². The molecule has 2 heterocycles. The van der Waals surface area contributed by atoms with Crippen molar-refractivity contribution in [2.24, 2.45) is 0 Å². The average molecular weight is 246 g/mol. The molecule has 0 aliphatic carbocycles. The molecule has 0 saturated carbocycles. The van der Waals surface area contributed by atoms with E-state index in [1.54, 1.807) is 6.20 Å². The van der Waals surface area contributed by atoms with Crippen LogP contribution < -0.4 is 5.32 Å². The zero-order chi connectivity index (χ0) is 11.7. The Kier molecular flexibility index (Phi) is 2.38. The summed E-state index contributed by atoms with van der Waals surface area (Å²) in [4.78, 5) is 8.27. The summed E-state index contributed by atoms with van der Waals surface area (Å²) < 4.78 is 0. The molecular weight excluding hydrogens is 238 g/mol. The Morgan fingerprint density at radius 1 is 1.18 bits per heavy atom. The number of benzene rings is 1. The van der Waals surface area contributed by atoms with Crippen molar-refractivity contribution < 1.29 is 0 Å². The zero-order valence-corrected chi connectivity index (χ0v) is 9.44. The first kappa shape index (κ1) is 10.0. The summed E-state index contributed by atoms with van der Waals surface area (Å²) in [6.45, 7) is 0. The number of halogens is 1. The second kappa shape index (κ2) is 4.03. The molecule has 0 fully saturated rings. The molecule has 0 radical (unpaired) electrons. The van der Waals surface area contributed by atoms with Crippen molar-refractivity contribution in [1.82, 2.24) is 20.2 Å².